The minimum absolute atomic E-state index is 0.377. The summed E-state index contributed by atoms with van der Waals surface area (Å²) in [5, 5.41) is 4.13. The highest BCUT2D eigenvalue weighted by molar-refractivity contribution is 7.19. The molecule has 0 spiro atoms. The molecule has 3 rings (SSSR count). The van der Waals surface area contributed by atoms with Gasteiger partial charge in [-0.2, -0.15) is 0 Å². The molecule has 2 nitrogen and oxygen atoms in total. The van der Waals surface area contributed by atoms with Gasteiger partial charge >= 0.3 is 0 Å². The molecule has 1 aromatic heterocycles. The SMILES string of the molecule is Clc1sc(C=Nc2ccc(Nc3ccccc3)cc2)c(Cl)c1Cl. The molecule has 23 heavy (non-hydrogen) atoms. The number of thiophene rings is 1. The van der Waals surface area contributed by atoms with Crippen molar-refractivity contribution in [2.75, 3.05) is 5.32 Å². The van der Waals surface area contributed by atoms with Gasteiger partial charge in [-0.1, -0.05) is 53.0 Å². The van der Waals surface area contributed by atoms with E-state index in [9.17, 15) is 0 Å². The Balaban J connectivity index is 1.72. The smallest absolute Gasteiger partial charge is 0.114 e. The van der Waals surface area contributed by atoms with Crippen molar-refractivity contribution in [1.29, 1.82) is 0 Å². The Morgan fingerprint density at radius 2 is 1.48 bits per heavy atom. The average molecular weight is 382 g/mol. The first-order chi connectivity index (χ1) is 11.1. The summed E-state index contributed by atoms with van der Waals surface area (Å²) in [7, 11) is 0. The van der Waals surface area contributed by atoms with Crippen molar-refractivity contribution in [3.8, 4) is 0 Å². The van der Waals surface area contributed by atoms with Gasteiger partial charge < -0.3 is 5.32 Å². The van der Waals surface area contributed by atoms with Crippen LogP contribution in [0.1, 0.15) is 4.88 Å². The number of anilines is 2. The molecule has 0 unspecified atom stereocenters. The number of nitrogens with zero attached hydrogens (tertiary/aromatic N) is 1. The molecule has 6 heteroatoms. The van der Waals surface area contributed by atoms with E-state index in [1.165, 1.54) is 11.3 Å². The first-order valence-electron chi connectivity index (χ1n) is 6.73. The van der Waals surface area contributed by atoms with E-state index in [4.69, 9.17) is 34.8 Å². The monoisotopic (exact) mass is 380 g/mol. The van der Waals surface area contributed by atoms with Crippen LogP contribution in [0.5, 0.6) is 0 Å². The topological polar surface area (TPSA) is 24.4 Å². The fourth-order valence-electron chi connectivity index (χ4n) is 1.92. The maximum atomic E-state index is 6.09. The second-order valence-corrected chi connectivity index (χ2v) is 7.07. The Labute approximate surface area is 153 Å². The van der Waals surface area contributed by atoms with Crippen LogP contribution >= 0.6 is 46.1 Å². The van der Waals surface area contributed by atoms with Gasteiger partial charge in [0.25, 0.3) is 0 Å². The van der Waals surface area contributed by atoms with Gasteiger partial charge in [-0.05, 0) is 36.4 Å². The largest absolute Gasteiger partial charge is 0.356 e. The fraction of sp³-hybridized carbons (Fsp3) is 0. The van der Waals surface area contributed by atoms with Crippen LogP contribution in [0.3, 0.4) is 0 Å². The predicted molar refractivity (Wildman–Crippen MR) is 103 cm³/mol. The molecule has 0 radical (unpaired) electrons. The van der Waals surface area contributed by atoms with E-state index in [1.54, 1.807) is 6.21 Å². The number of hydrogen-bond acceptors (Lipinski definition) is 3. The molecule has 0 atom stereocenters. The van der Waals surface area contributed by atoms with Crippen molar-refractivity contribution in [3.63, 3.8) is 0 Å². The number of halogens is 3. The van der Waals surface area contributed by atoms with Crippen molar-refractivity contribution in [2.45, 2.75) is 0 Å². The summed E-state index contributed by atoms with van der Waals surface area (Å²) in [4.78, 5) is 5.14. The molecule has 1 heterocycles. The van der Waals surface area contributed by atoms with E-state index < -0.39 is 0 Å². The molecule has 116 valence electrons. The first kappa shape index (κ1) is 16.3. The minimum Gasteiger partial charge on any atom is -0.356 e. The van der Waals surface area contributed by atoms with Crippen molar-refractivity contribution >= 4 is 69.4 Å². The van der Waals surface area contributed by atoms with Crippen LogP contribution in [0, 0.1) is 0 Å². The summed E-state index contributed by atoms with van der Waals surface area (Å²) in [6.07, 6.45) is 1.67. The molecule has 0 bridgehead atoms. The zero-order valence-corrected chi connectivity index (χ0v) is 14.8. The Morgan fingerprint density at radius 3 is 2.09 bits per heavy atom. The van der Waals surface area contributed by atoms with Crippen LogP contribution in [0.2, 0.25) is 14.4 Å². The molecular formula is C17H11Cl3N2S. The van der Waals surface area contributed by atoms with E-state index in [2.05, 4.69) is 10.3 Å². The van der Waals surface area contributed by atoms with Crippen LogP contribution < -0.4 is 5.32 Å². The third-order valence-electron chi connectivity index (χ3n) is 3.04. The fourth-order valence-corrected chi connectivity index (χ4v) is 3.58. The Hall–Kier alpha value is -1.52. The van der Waals surface area contributed by atoms with Gasteiger partial charge in [-0.25, -0.2) is 0 Å². The normalized spacial score (nSPS) is 11.1. The van der Waals surface area contributed by atoms with E-state index in [1.807, 2.05) is 54.6 Å². The molecule has 3 aromatic rings. The van der Waals surface area contributed by atoms with Gasteiger partial charge in [-0.15, -0.1) is 11.3 Å². The highest BCUT2D eigenvalue weighted by Gasteiger charge is 2.11. The minimum atomic E-state index is 0.377. The van der Waals surface area contributed by atoms with Crippen LogP contribution in [0.25, 0.3) is 0 Å². The average Bonchev–Trinajstić information content (AvgIpc) is 2.82. The summed E-state index contributed by atoms with van der Waals surface area (Å²) < 4.78 is 0.473. The number of aliphatic imine (C=N–C) groups is 1. The maximum Gasteiger partial charge on any atom is 0.114 e. The van der Waals surface area contributed by atoms with Crippen LogP contribution in [-0.4, -0.2) is 6.21 Å². The molecular weight excluding hydrogens is 371 g/mol. The van der Waals surface area contributed by atoms with Crippen molar-refractivity contribution in [2.24, 2.45) is 4.99 Å². The molecule has 0 fully saturated rings. The molecule has 0 aliphatic carbocycles. The molecule has 0 aliphatic heterocycles. The lowest BCUT2D eigenvalue weighted by Gasteiger charge is -2.05. The van der Waals surface area contributed by atoms with E-state index in [0.29, 0.717) is 14.4 Å². The quantitative estimate of drug-likeness (QED) is 0.475. The molecule has 0 saturated heterocycles. The first-order valence-corrected chi connectivity index (χ1v) is 8.68. The van der Waals surface area contributed by atoms with E-state index in [-0.39, 0.29) is 0 Å². The molecule has 1 N–H and O–H groups in total. The summed E-state index contributed by atoms with van der Waals surface area (Å²) >= 11 is 19.3. The van der Waals surface area contributed by atoms with Crippen LogP contribution in [-0.2, 0) is 0 Å². The third kappa shape index (κ3) is 4.06. The Bertz CT molecular complexity index is 827. The van der Waals surface area contributed by atoms with Gasteiger partial charge in [0.05, 0.1) is 20.6 Å². The van der Waals surface area contributed by atoms with Crippen LogP contribution in [0.15, 0.2) is 59.6 Å². The zero-order valence-electron chi connectivity index (χ0n) is 11.8. The Morgan fingerprint density at radius 1 is 0.826 bits per heavy atom. The van der Waals surface area contributed by atoms with E-state index >= 15 is 0 Å². The van der Waals surface area contributed by atoms with Gasteiger partial charge in [0.15, 0.2) is 0 Å². The van der Waals surface area contributed by atoms with Crippen molar-refractivity contribution < 1.29 is 0 Å². The Kier molecular flexibility index (Phi) is 5.23. The van der Waals surface area contributed by atoms with Crippen molar-refractivity contribution in [3.05, 3.63) is 73.9 Å². The number of benzene rings is 2. The highest BCUT2D eigenvalue weighted by Crippen LogP contribution is 2.39. The van der Waals surface area contributed by atoms with Gasteiger partial charge in [0.1, 0.15) is 4.34 Å². The van der Waals surface area contributed by atoms with Gasteiger partial charge in [-0.3, -0.25) is 4.99 Å². The van der Waals surface area contributed by atoms with Crippen LogP contribution in [0.4, 0.5) is 17.1 Å². The number of para-hydroxylation sites is 1. The molecule has 2 aromatic carbocycles. The maximum absolute atomic E-state index is 6.09. The third-order valence-corrected chi connectivity index (χ3v) is 5.56. The summed E-state index contributed by atoms with van der Waals surface area (Å²) in [6.45, 7) is 0. The number of hydrogen-bond donors (Lipinski definition) is 1. The summed E-state index contributed by atoms with van der Waals surface area (Å²) in [5.41, 5.74) is 2.86. The lowest BCUT2D eigenvalue weighted by atomic mass is 10.2. The standard InChI is InChI=1S/C17H11Cl3N2S/c18-15-14(23-17(20)16(15)19)10-21-11-6-8-13(9-7-11)22-12-4-2-1-3-5-12/h1-10,22H. The molecule has 0 saturated carbocycles. The second kappa shape index (κ2) is 7.37. The second-order valence-electron chi connectivity index (χ2n) is 4.66. The molecule has 0 amide bonds. The van der Waals surface area contributed by atoms with Crippen molar-refractivity contribution in [1.82, 2.24) is 0 Å². The lowest BCUT2D eigenvalue weighted by molar-refractivity contribution is 1.50. The van der Waals surface area contributed by atoms with Gasteiger partial charge in [0, 0.05) is 17.6 Å². The molecule has 0 aliphatic rings. The van der Waals surface area contributed by atoms with E-state index in [0.717, 1.165) is 21.9 Å². The zero-order chi connectivity index (χ0) is 16.2. The number of rotatable bonds is 4. The summed E-state index contributed by atoms with van der Waals surface area (Å²) in [6, 6.07) is 17.8. The summed E-state index contributed by atoms with van der Waals surface area (Å²) in [5.74, 6) is 0. The highest BCUT2D eigenvalue weighted by atomic mass is 35.5. The number of nitrogens with one attached hydrogen (secondary N) is 1. The predicted octanol–water partition coefficient (Wildman–Crippen LogP) is 7.20. The lowest BCUT2D eigenvalue weighted by Crippen LogP contribution is -1.88. The van der Waals surface area contributed by atoms with Gasteiger partial charge in [0.2, 0.25) is 0 Å².